The minimum atomic E-state index is -0.433. The Bertz CT molecular complexity index is 428. The van der Waals surface area contributed by atoms with Gasteiger partial charge in [-0.05, 0) is 27.2 Å². The lowest BCUT2D eigenvalue weighted by Gasteiger charge is -2.24. The van der Waals surface area contributed by atoms with Crippen LogP contribution in [0.1, 0.15) is 32.1 Å². The number of rotatable bonds is 4. The summed E-state index contributed by atoms with van der Waals surface area (Å²) in [5.74, 6) is 0.399. The number of hydrogen-bond acceptors (Lipinski definition) is 5. The molecule has 6 heteroatoms. The van der Waals surface area contributed by atoms with Crippen molar-refractivity contribution < 1.29 is 14.3 Å². The van der Waals surface area contributed by atoms with Gasteiger partial charge in [-0.2, -0.15) is 0 Å². The van der Waals surface area contributed by atoms with Crippen molar-refractivity contribution in [1.29, 1.82) is 0 Å². The van der Waals surface area contributed by atoms with Crippen LogP contribution in [0.15, 0.2) is 11.7 Å². The second-order valence-electron chi connectivity index (χ2n) is 6.06. The van der Waals surface area contributed by atoms with Crippen molar-refractivity contribution in [2.75, 3.05) is 19.7 Å². The number of aromatic nitrogens is 1. The van der Waals surface area contributed by atoms with Crippen molar-refractivity contribution in [2.24, 2.45) is 5.92 Å². The second-order valence-corrected chi connectivity index (χ2v) is 7.03. The average molecular weight is 298 g/mol. The van der Waals surface area contributed by atoms with Crippen LogP contribution < -0.4 is 0 Å². The number of amides is 1. The Kier molecular flexibility index (Phi) is 4.99. The highest BCUT2D eigenvalue weighted by atomic mass is 32.1. The number of hydrogen-bond donors (Lipinski definition) is 0. The fourth-order valence-electron chi connectivity index (χ4n) is 2.10. The van der Waals surface area contributed by atoms with E-state index in [0.717, 1.165) is 24.4 Å². The molecule has 1 aliphatic rings. The molecule has 1 aromatic rings. The summed E-state index contributed by atoms with van der Waals surface area (Å²) in [6.07, 6.45) is 2.58. The van der Waals surface area contributed by atoms with E-state index in [0.29, 0.717) is 19.1 Å². The van der Waals surface area contributed by atoms with Crippen LogP contribution in [0.2, 0.25) is 0 Å². The van der Waals surface area contributed by atoms with E-state index in [4.69, 9.17) is 9.47 Å². The number of carbonyl (C=O) groups is 1. The Balaban J connectivity index is 1.68. The quantitative estimate of drug-likeness (QED) is 0.857. The van der Waals surface area contributed by atoms with Gasteiger partial charge in [0.05, 0.1) is 23.6 Å². The maximum Gasteiger partial charge on any atom is 0.410 e. The Labute approximate surface area is 123 Å². The van der Waals surface area contributed by atoms with E-state index < -0.39 is 5.60 Å². The molecule has 1 amide bonds. The topological polar surface area (TPSA) is 51.7 Å². The fraction of sp³-hybridized carbons (Fsp3) is 0.714. The standard InChI is InChI=1S/C14H22N2O3S/c1-14(2,3)19-13(17)16-5-4-11(7-16)8-18-9-12-6-15-10-20-12/h6,10-11H,4-5,7-9H2,1-3H3/t11-/m1/s1. The minimum Gasteiger partial charge on any atom is -0.444 e. The van der Waals surface area contributed by atoms with Gasteiger partial charge < -0.3 is 14.4 Å². The summed E-state index contributed by atoms with van der Waals surface area (Å²) in [7, 11) is 0. The molecule has 1 atom stereocenters. The summed E-state index contributed by atoms with van der Waals surface area (Å²) < 4.78 is 11.1. The smallest absolute Gasteiger partial charge is 0.410 e. The van der Waals surface area contributed by atoms with Crippen LogP contribution in [0.4, 0.5) is 4.79 Å². The molecule has 1 aromatic heterocycles. The largest absolute Gasteiger partial charge is 0.444 e. The normalized spacial score (nSPS) is 19.4. The molecule has 5 nitrogen and oxygen atoms in total. The summed E-state index contributed by atoms with van der Waals surface area (Å²) >= 11 is 1.60. The Morgan fingerprint density at radius 3 is 3.00 bits per heavy atom. The molecule has 2 rings (SSSR count). The zero-order valence-electron chi connectivity index (χ0n) is 12.3. The molecule has 1 aliphatic heterocycles. The van der Waals surface area contributed by atoms with Crippen molar-refractivity contribution >= 4 is 17.4 Å². The van der Waals surface area contributed by atoms with Crippen molar-refractivity contribution in [3.63, 3.8) is 0 Å². The van der Waals surface area contributed by atoms with Gasteiger partial charge in [-0.1, -0.05) is 0 Å². The Morgan fingerprint density at radius 1 is 1.55 bits per heavy atom. The van der Waals surface area contributed by atoms with Gasteiger partial charge in [-0.15, -0.1) is 11.3 Å². The molecule has 1 fully saturated rings. The first kappa shape index (κ1) is 15.3. The highest BCUT2D eigenvalue weighted by molar-refractivity contribution is 7.09. The summed E-state index contributed by atoms with van der Waals surface area (Å²) in [5.41, 5.74) is 1.37. The van der Waals surface area contributed by atoms with E-state index in [-0.39, 0.29) is 6.09 Å². The first-order valence-corrected chi connectivity index (χ1v) is 7.75. The molecule has 0 unspecified atom stereocenters. The van der Waals surface area contributed by atoms with Gasteiger partial charge in [0.1, 0.15) is 5.60 Å². The molecule has 0 aliphatic carbocycles. The third-order valence-electron chi connectivity index (χ3n) is 3.02. The van der Waals surface area contributed by atoms with Gasteiger partial charge in [0.25, 0.3) is 0 Å². The van der Waals surface area contributed by atoms with Crippen LogP contribution in [0.25, 0.3) is 0 Å². The lowest BCUT2D eigenvalue weighted by atomic mass is 10.1. The molecule has 0 aromatic carbocycles. The Morgan fingerprint density at radius 2 is 2.35 bits per heavy atom. The molecular weight excluding hydrogens is 276 g/mol. The number of thiazole rings is 1. The van der Waals surface area contributed by atoms with Crippen LogP contribution in [0.3, 0.4) is 0 Å². The van der Waals surface area contributed by atoms with Gasteiger partial charge in [-0.3, -0.25) is 4.98 Å². The van der Waals surface area contributed by atoms with Gasteiger partial charge >= 0.3 is 6.09 Å². The molecule has 0 radical (unpaired) electrons. The summed E-state index contributed by atoms with van der Waals surface area (Å²) in [6.45, 7) is 8.41. The van der Waals surface area contributed by atoms with E-state index in [1.807, 2.05) is 27.0 Å². The third kappa shape index (κ3) is 4.76. The van der Waals surface area contributed by atoms with E-state index >= 15 is 0 Å². The van der Waals surface area contributed by atoms with Crippen LogP contribution in [0, 0.1) is 5.92 Å². The maximum atomic E-state index is 11.9. The van der Waals surface area contributed by atoms with Crippen LogP contribution >= 0.6 is 11.3 Å². The predicted octanol–water partition coefficient (Wildman–Crippen LogP) is 2.92. The SMILES string of the molecule is CC(C)(C)OC(=O)N1CC[C@@H](COCc2cncs2)C1. The highest BCUT2D eigenvalue weighted by Crippen LogP contribution is 2.20. The molecule has 0 N–H and O–H groups in total. The summed E-state index contributed by atoms with van der Waals surface area (Å²) in [6, 6.07) is 0. The molecule has 2 heterocycles. The van der Waals surface area contributed by atoms with Crippen molar-refractivity contribution in [3.05, 3.63) is 16.6 Å². The lowest BCUT2D eigenvalue weighted by Crippen LogP contribution is -2.35. The van der Waals surface area contributed by atoms with E-state index in [9.17, 15) is 4.79 Å². The number of carbonyl (C=O) groups excluding carboxylic acids is 1. The van der Waals surface area contributed by atoms with Gasteiger partial charge in [-0.25, -0.2) is 4.79 Å². The van der Waals surface area contributed by atoms with Crippen LogP contribution in [0.5, 0.6) is 0 Å². The van der Waals surface area contributed by atoms with Gasteiger partial charge in [0, 0.05) is 25.2 Å². The van der Waals surface area contributed by atoms with Crippen LogP contribution in [-0.2, 0) is 16.1 Å². The number of likely N-dealkylation sites (tertiary alicyclic amines) is 1. The number of ether oxygens (including phenoxy) is 2. The molecule has 1 saturated heterocycles. The molecule has 0 bridgehead atoms. The highest BCUT2D eigenvalue weighted by Gasteiger charge is 2.29. The molecule has 0 spiro atoms. The lowest BCUT2D eigenvalue weighted by molar-refractivity contribution is 0.0272. The first-order valence-electron chi connectivity index (χ1n) is 6.87. The third-order valence-corrected chi connectivity index (χ3v) is 3.77. The molecular formula is C14H22N2O3S. The zero-order chi connectivity index (χ0) is 14.6. The molecule has 0 saturated carbocycles. The maximum absolute atomic E-state index is 11.9. The Hall–Kier alpha value is -1.14. The number of nitrogens with zero attached hydrogens (tertiary/aromatic N) is 2. The molecule has 112 valence electrons. The van der Waals surface area contributed by atoms with Gasteiger partial charge in [0.2, 0.25) is 0 Å². The summed E-state index contributed by atoms with van der Waals surface area (Å²) in [5, 5.41) is 0. The first-order chi connectivity index (χ1) is 9.44. The van der Waals surface area contributed by atoms with Crippen molar-refractivity contribution in [2.45, 2.75) is 39.4 Å². The second kappa shape index (κ2) is 6.54. The van der Waals surface area contributed by atoms with Crippen molar-refractivity contribution in [1.82, 2.24) is 9.88 Å². The van der Waals surface area contributed by atoms with Gasteiger partial charge in [0.15, 0.2) is 0 Å². The monoisotopic (exact) mass is 298 g/mol. The predicted molar refractivity (Wildman–Crippen MR) is 77.7 cm³/mol. The van der Waals surface area contributed by atoms with Crippen molar-refractivity contribution in [3.8, 4) is 0 Å². The molecule has 20 heavy (non-hydrogen) atoms. The van der Waals surface area contributed by atoms with E-state index in [1.165, 1.54) is 0 Å². The zero-order valence-corrected chi connectivity index (χ0v) is 13.1. The van der Waals surface area contributed by atoms with E-state index in [2.05, 4.69) is 4.98 Å². The van der Waals surface area contributed by atoms with Crippen LogP contribution in [-0.4, -0.2) is 41.3 Å². The average Bonchev–Trinajstić information content (AvgIpc) is 2.97. The minimum absolute atomic E-state index is 0.220. The summed E-state index contributed by atoms with van der Waals surface area (Å²) in [4.78, 5) is 18.8. The fourth-order valence-corrected chi connectivity index (χ4v) is 2.63. The van der Waals surface area contributed by atoms with E-state index in [1.54, 1.807) is 21.7 Å².